The Bertz CT molecular complexity index is 236. The summed E-state index contributed by atoms with van der Waals surface area (Å²) in [6, 6.07) is 0. The lowest BCUT2D eigenvalue weighted by Crippen LogP contribution is -1.93. The molecule has 0 aliphatic heterocycles. The van der Waals surface area contributed by atoms with Gasteiger partial charge in [-0.05, 0) is 0 Å². The van der Waals surface area contributed by atoms with Crippen molar-refractivity contribution >= 4 is 0 Å². The quantitative estimate of drug-likeness (QED) is 0.562. The van der Waals surface area contributed by atoms with Crippen LogP contribution in [0.4, 0.5) is 13.2 Å². The van der Waals surface area contributed by atoms with Gasteiger partial charge in [-0.1, -0.05) is 0 Å². The first-order chi connectivity index (χ1) is 4.63. The highest BCUT2D eigenvalue weighted by Gasteiger charge is 2.12. The second-order valence-electron chi connectivity index (χ2n) is 1.56. The van der Waals surface area contributed by atoms with Crippen molar-refractivity contribution < 1.29 is 18.3 Å². The number of hydrogen-bond acceptors (Lipinski definition) is 2. The van der Waals surface area contributed by atoms with Crippen LogP contribution in [-0.2, 0) is 0 Å². The van der Waals surface area contributed by atoms with Crippen molar-refractivity contribution in [2.24, 2.45) is 0 Å². The number of pyridine rings is 1. The minimum atomic E-state index is -1.76. The van der Waals surface area contributed by atoms with E-state index in [0.29, 0.717) is 6.20 Å². The van der Waals surface area contributed by atoms with Gasteiger partial charge in [0.25, 0.3) is 5.95 Å². The molecule has 1 aromatic heterocycles. The molecule has 0 bridgehead atoms. The van der Waals surface area contributed by atoms with Crippen LogP contribution in [0.15, 0.2) is 6.20 Å². The number of nitrogens with zero attached hydrogens (tertiary/aromatic N) is 1. The van der Waals surface area contributed by atoms with Crippen LogP contribution in [0.25, 0.3) is 0 Å². The fourth-order valence-electron chi connectivity index (χ4n) is 0.434. The van der Waals surface area contributed by atoms with E-state index in [1.807, 2.05) is 0 Å². The molecule has 1 N–H and O–H groups in total. The summed E-state index contributed by atoms with van der Waals surface area (Å²) in [6.45, 7) is 0. The van der Waals surface area contributed by atoms with Crippen molar-refractivity contribution in [3.8, 4) is 5.75 Å². The molecular formula is C5H2F3NO. The van der Waals surface area contributed by atoms with Crippen LogP contribution in [-0.4, -0.2) is 10.1 Å². The first-order valence-corrected chi connectivity index (χ1v) is 2.31. The molecule has 1 heterocycles. The Morgan fingerprint density at radius 2 is 1.80 bits per heavy atom. The molecule has 0 fully saturated rings. The Labute approximate surface area is 53.9 Å². The predicted molar refractivity (Wildman–Crippen MR) is 25.8 cm³/mol. The molecule has 0 aliphatic carbocycles. The van der Waals surface area contributed by atoms with Crippen LogP contribution in [0.2, 0.25) is 0 Å². The van der Waals surface area contributed by atoms with E-state index in [-0.39, 0.29) is 0 Å². The molecule has 2 nitrogen and oxygen atoms in total. The van der Waals surface area contributed by atoms with Crippen molar-refractivity contribution in [3.63, 3.8) is 0 Å². The largest absolute Gasteiger partial charge is 0.504 e. The van der Waals surface area contributed by atoms with E-state index in [4.69, 9.17) is 5.11 Å². The van der Waals surface area contributed by atoms with Gasteiger partial charge in [0.05, 0.1) is 6.20 Å². The summed E-state index contributed by atoms with van der Waals surface area (Å²) in [7, 11) is 0. The lowest BCUT2D eigenvalue weighted by molar-refractivity contribution is 0.373. The van der Waals surface area contributed by atoms with Gasteiger partial charge in [-0.15, -0.1) is 0 Å². The summed E-state index contributed by atoms with van der Waals surface area (Å²) in [5.74, 6) is -5.94. The van der Waals surface area contributed by atoms with Gasteiger partial charge in [-0.2, -0.15) is 13.2 Å². The van der Waals surface area contributed by atoms with Crippen molar-refractivity contribution in [2.75, 3.05) is 0 Å². The van der Waals surface area contributed by atoms with Gasteiger partial charge < -0.3 is 5.11 Å². The van der Waals surface area contributed by atoms with E-state index in [0.717, 1.165) is 0 Å². The summed E-state index contributed by atoms with van der Waals surface area (Å²) in [4.78, 5) is 2.71. The maximum absolute atomic E-state index is 12.1. The third kappa shape index (κ3) is 0.896. The minimum Gasteiger partial charge on any atom is -0.504 e. The molecule has 10 heavy (non-hydrogen) atoms. The highest BCUT2D eigenvalue weighted by molar-refractivity contribution is 5.18. The second kappa shape index (κ2) is 2.17. The Morgan fingerprint density at radius 1 is 1.20 bits per heavy atom. The van der Waals surface area contributed by atoms with Crippen molar-refractivity contribution in [2.45, 2.75) is 0 Å². The smallest absolute Gasteiger partial charge is 0.252 e. The first-order valence-electron chi connectivity index (χ1n) is 2.31. The van der Waals surface area contributed by atoms with Crippen LogP contribution < -0.4 is 0 Å². The third-order valence-electron chi connectivity index (χ3n) is 0.899. The predicted octanol–water partition coefficient (Wildman–Crippen LogP) is 1.20. The highest BCUT2D eigenvalue weighted by atomic mass is 19.2. The lowest BCUT2D eigenvalue weighted by Gasteiger charge is -1.94. The average Bonchev–Trinajstić information content (AvgIpc) is 1.93. The van der Waals surface area contributed by atoms with E-state index in [1.54, 1.807) is 0 Å². The van der Waals surface area contributed by atoms with Crippen molar-refractivity contribution in [3.05, 3.63) is 23.8 Å². The van der Waals surface area contributed by atoms with Crippen LogP contribution in [0.3, 0.4) is 0 Å². The van der Waals surface area contributed by atoms with Crippen molar-refractivity contribution in [1.82, 2.24) is 4.98 Å². The van der Waals surface area contributed by atoms with Gasteiger partial charge in [0, 0.05) is 0 Å². The number of aromatic hydroxyl groups is 1. The van der Waals surface area contributed by atoms with Gasteiger partial charge in [0.2, 0.25) is 11.6 Å². The molecule has 0 aromatic carbocycles. The molecule has 1 aromatic rings. The average molecular weight is 149 g/mol. The number of aromatic nitrogens is 1. The van der Waals surface area contributed by atoms with Crippen LogP contribution >= 0.6 is 0 Å². The molecule has 0 saturated carbocycles. The molecule has 0 amide bonds. The molecule has 0 saturated heterocycles. The zero-order valence-corrected chi connectivity index (χ0v) is 4.61. The zero-order valence-electron chi connectivity index (χ0n) is 4.61. The van der Waals surface area contributed by atoms with Gasteiger partial charge in [0.15, 0.2) is 5.75 Å². The van der Waals surface area contributed by atoms with Crippen LogP contribution in [0, 0.1) is 17.6 Å². The summed E-state index contributed by atoms with van der Waals surface area (Å²) in [5.41, 5.74) is 0. The van der Waals surface area contributed by atoms with E-state index in [1.165, 1.54) is 0 Å². The normalized spacial score (nSPS) is 9.90. The van der Waals surface area contributed by atoms with E-state index in [9.17, 15) is 13.2 Å². The molecule has 0 aliphatic rings. The van der Waals surface area contributed by atoms with Gasteiger partial charge in [0.1, 0.15) is 0 Å². The Hall–Kier alpha value is -1.26. The van der Waals surface area contributed by atoms with Crippen LogP contribution in [0.5, 0.6) is 5.75 Å². The molecule has 5 heteroatoms. The Balaban J connectivity index is 3.34. The number of halogens is 3. The molecule has 0 radical (unpaired) electrons. The van der Waals surface area contributed by atoms with E-state index in [2.05, 4.69) is 4.98 Å². The maximum Gasteiger partial charge on any atom is 0.252 e. The second-order valence-corrected chi connectivity index (χ2v) is 1.56. The maximum atomic E-state index is 12.1. The summed E-state index contributed by atoms with van der Waals surface area (Å²) >= 11 is 0. The monoisotopic (exact) mass is 149 g/mol. The molecule has 0 spiro atoms. The van der Waals surface area contributed by atoms with Gasteiger partial charge in [-0.25, -0.2) is 4.98 Å². The third-order valence-corrected chi connectivity index (χ3v) is 0.899. The first kappa shape index (κ1) is 6.85. The lowest BCUT2D eigenvalue weighted by atomic mass is 10.4. The standard InChI is InChI=1S/C5H2F3NO/c6-3-2(10)1-9-5(8)4(3)7/h1,10H. The molecule has 54 valence electrons. The fourth-order valence-corrected chi connectivity index (χ4v) is 0.434. The summed E-state index contributed by atoms with van der Waals surface area (Å²) < 4.78 is 36.0. The SMILES string of the molecule is Oc1cnc(F)c(F)c1F. The van der Waals surface area contributed by atoms with E-state index < -0.39 is 23.3 Å². The molecular weight excluding hydrogens is 147 g/mol. The molecule has 0 atom stereocenters. The Morgan fingerprint density at radius 3 is 2.30 bits per heavy atom. The highest BCUT2D eigenvalue weighted by Crippen LogP contribution is 2.17. The Kier molecular flexibility index (Phi) is 1.48. The van der Waals surface area contributed by atoms with Gasteiger partial charge in [-0.3, -0.25) is 0 Å². The molecule has 1 rings (SSSR count). The van der Waals surface area contributed by atoms with E-state index >= 15 is 0 Å². The summed E-state index contributed by atoms with van der Waals surface area (Å²) in [5, 5.41) is 8.38. The van der Waals surface area contributed by atoms with Crippen molar-refractivity contribution in [1.29, 1.82) is 0 Å². The number of rotatable bonds is 0. The van der Waals surface area contributed by atoms with Gasteiger partial charge >= 0.3 is 0 Å². The summed E-state index contributed by atoms with van der Waals surface area (Å²) in [6.07, 6.45) is 0.494. The topological polar surface area (TPSA) is 33.1 Å². The minimum absolute atomic E-state index is 0.494. The fraction of sp³-hybridized carbons (Fsp3) is 0. The zero-order chi connectivity index (χ0) is 7.72. The molecule has 0 unspecified atom stereocenters. The van der Waals surface area contributed by atoms with Crippen LogP contribution in [0.1, 0.15) is 0 Å². The number of hydrogen-bond donors (Lipinski definition) is 1.